The van der Waals surface area contributed by atoms with E-state index < -0.39 is 0 Å². The van der Waals surface area contributed by atoms with Crippen LogP contribution in [0.25, 0.3) is 44.9 Å². The minimum atomic E-state index is 0.295. The average molecular weight is 535 g/mol. The van der Waals surface area contributed by atoms with Gasteiger partial charge in [0.1, 0.15) is 0 Å². The van der Waals surface area contributed by atoms with Gasteiger partial charge in [0, 0.05) is 16.7 Å². The zero-order chi connectivity index (χ0) is 28.0. The van der Waals surface area contributed by atoms with Gasteiger partial charge < -0.3 is 0 Å². The van der Waals surface area contributed by atoms with Crippen LogP contribution in [0.1, 0.15) is 57.1 Å². The topological polar surface area (TPSA) is 62.5 Å². The molecule has 2 saturated carbocycles. The summed E-state index contributed by atoms with van der Waals surface area (Å²) in [5.74, 6) is 4.39. The maximum atomic E-state index is 9.40. The zero-order valence-electron chi connectivity index (χ0n) is 23.7. The zero-order valence-corrected chi connectivity index (χ0v) is 23.7. The van der Waals surface area contributed by atoms with Crippen molar-refractivity contribution in [3.05, 3.63) is 102 Å². The molecular formula is C37H34N4. The van der Waals surface area contributed by atoms with Crippen LogP contribution in [0.15, 0.2) is 91.0 Å². The third-order valence-corrected chi connectivity index (χ3v) is 9.30. The van der Waals surface area contributed by atoms with Crippen LogP contribution >= 0.6 is 0 Å². The summed E-state index contributed by atoms with van der Waals surface area (Å²) >= 11 is 0. The molecule has 1 aromatic heterocycles. The monoisotopic (exact) mass is 534 g/mol. The molecule has 0 radical (unpaired) electrons. The summed E-state index contributed by atoms with van der Waals surface area (Å²) in [6.45, 7) is 4.88. The number of fused-ring (bicyclic) bond motifs is 3. The van der Waals surface area contributed by atoms with Gasteiger partial charge in [-0.3, -0.25) is 0 Å². The van der Waals surface area contributed by atoms with Gasteiger partial charge in [0.05, 0.1) is 11.6 Å². The lowest BCUT2D eigenvalue weighted by molar-refractivity contribution is 0.0780. The van der Waals surface area contributed by atoms with Crippen molar-refractivity contribution in [2.75, 3.05) is 0 Å². The van der Waals surface area contributed by atoms with Crippen molar-refractivity contribution in [2.45, 2.75) is 51.4 Å². The molecule has 4 atom stereocenters. The second-order valence-electron chi connectivity index (χ2n) is 12.5. The second-order valence-corrected chi connectivity index (χ2v) is 12.5. The Balaban J connectivity index is 1.33. The molecule has 0 saturated heterocycles. The van der Waals surface area contributed by atoms with Crippen LogP contribution in [-0.4, -0.2) is 15.0 Å². The highest BCUT2D eigenvalue weighted by Gasteiger charge is 2.45. The fraction of sp³-hybridized carbons (Fsp3) is 0.297. The van der Waals surface area contributed by atoms with E-state index in [0.29, 0.717) is 28.5 Å². The van der Waals surface area contributed by atoms with E-state index in [2.05, 4.69) is 50.2 Å². The van der Waals surface area contributed by atoms with Crippen molar-refractivity contribution in [1.29, 1.82) is 5.26 Å². The standard InChI is InChI=1S/C37H34N4/c1-24-17-27-18-25(2)21-37(20-24,22-27)31-14-12-29(13-15-31)35-39-34(28-7-4-3-5-8-28)40-36(41-35)33-10-6-9-30-19-26(23-38)11-16-32(30)33/h3-16,19,24-25,27H,17-18,20-22H2,1-2H3/t24-,25?,27?,37?/m1/s1. The highest BCUT2D eigenvalue weighted by Crippen LogP contribution is 2.54. The molecule has 3 unspecified atom stereocenters. The first-order valence-corrected chi connectivity index (χ1v) is 14.9. The van der Waals surface area contributed by atoms with Crippen molar-refractivity contribution in [1.82, 2.24) is 15.0 Å². The quantitative estimate of drug-likeness (QED) is 0.231. The second kappa shape index (κ2) is 10.2. The first-order chi connectivity index (χ1) is 20.0. The van der Waals surface area contributed by atoms with Gasteiger partial charge in [-0.05, 0) is 83.7 Å². The molecule has 2 aliphatic rings. The van der Waals surface area contributed by atoms with Gasteiger partial charge in [0.25, 0.3) is 0 Å². The van der Waals surface area contributed by atoms with Crippen LogP contribution in [0.3, 0.4) is 0 Å². The minimum Gasteiger partial charge on any atom is -0.208 e. The highest BCUT2D eigenvalue weighted by atomic mass is 15.0. The van der Waals surface area contributed by atoms with Crippen LogP contribution < -0.4 is 0 Å². The Bertz CT molecular complexity index is 1750. The van der Waals surface area contributed by atoms with Crippen molar-refractivity contribution in [3.8, 4) is 40.2 Å². The highest BCUT2D eigenvalue weighted by molar-refractivity contribution is 5.96. The normalized spacial score (nSPS) is 23.7. The van der Waals surface area contributed by atoms with Gasteiger partial charge in [-0.1, -0.05) is 92.7 Å². The van der Waals surface area contributed by atoms with Crippen LogP contribution in [-0.2, 0) is 5.41 Å². The lowest BCUT2D eigenvalue weighted by Crippen LogP contribution is -2.42. The molecule has 1 heterocycles. The SMILES string of the molecule is CC1CC2C[C@@H](C)CC(c3ccc(-c4nc(-c5ccccc5)nc(-c5cccc6cc(C#N)ccc56)n4)cc3)(C1)C2. The maximum Gasteiger partial charge on any atom is 0.164 e. The molecule has 0 N–H and O–H groups in total. The molecule has 7 rings (SSSR count). The molecule has 0 aliphatic heterocycles. The van der Waals surface area contributed by atoms with Crippen LogP contribution in [0.2, 0.25) is 0 Å². The lowest BCUT2D eigenvalue weighted by atomic mass is 9.54. The number of hydrogen-bond donors (Lipinski definition) is 0. The van der Waals surface area contributed by atoms with E-state index in [1.165, 1.54) is 37.7 Å². The summed E-state index contributed by atoms with van der Waals surface area (Å²) in [5.41, 5.74) is 5.30. The number of benzene rings is 4. The van der Waals surface area contributed by atoms with Gasteiger partial charge in [-0.2, -0.15) is 5.26 Å². The van der Waals surface area contributed by atoms with Gasteiger partial charge in [-0.25, -0.2) is 15.0 Å². The molecular weight excluding hydrogens is 500 g/mol. The van der Waals surface area contributed by atoms with Gasteiger partial charge >= 0.3 is 0 Å². The molecule has 0 amide bonds. The Kier molecular flexibility index (Phi) is 6.39. The molecule has 4 aromatic carbocycles. The average Bonchev–Trinajstić information content (AvgIpc) is 3.00. The van der Waals surface area contributed by atoms with E-state index in [-0.39, 0.29) is 0 Å². The largest absolute Gasteiger partial charge is 0.208 e. The smallest absolute Gasteiger partial charge is 0.164 e. The van der Waals surface area contributed by atoms with Crippen molar-refractivity contribution in [3.63, 3.8) is 0 Å². The molecule has 41 heavy (non-hydrogen) atoms. The predicted molar refractivity (Wildman–Crippen MR) is 165 cm³/mol. The summed E-state index contributed by atoms with van der Waals surface area (Å²) in [5, 5.41) is 11.4. The Morgan fingerprint density at radius 3 is 2.02 bits per heavy atom. The summed E-state index contributed by atoms with van der Waals surface area (Å²) in [4.78, 5) is 15.0. The Hall–Kier alpha value is -4.36. The number of aromatic nitrogens is 3. The molecule has 5 aromatic rings. The molecule has 4 nitrogen and oxygen atoms in total. The first-order valence-electron chi connectivity index (χ1n) is 14.9. The molecule has 2 aliphatic carbocycles. The third-order valence-electron chi connectivity index (χ3n) is 9.30. The number of hydrogen-bond acceptors (Lipinski definition) is 4. The van der Waals surface area contributed by atoms with Crippen LogP contribution in [0, 0.1) is 29.1 Å². The third kappa shape index (κ3) is 4.80. The van der Waals surface area contributed by atoms with E-state index in [9.17, 15) is 5.26 Å². The fourth-order valence-electron chi connectivity index (χ4n) is 7.92. The van der Waals surface area contributed by atoms with E-state index in [4.69, 9.17) is 15.0 Å². The Morgan fingerprint density at radius 2 is 1.34 bits per heavy atom. The molecule has 4 heteroatoms. The summed E-state index contributed by atoms with van der Waals surface area (Å²) < 4.78 is 0. The van der Waals surface area contributed by atoms with E-state index in [1.807, 2.05) is 60.7 Å². The van der Waals surface area contributed by atoms with Crippen molar-refractivity contribution < 1.29 is 0 Å². The predicted octanol–water partition coefficient (Wildman–Crippen LogP) is 9.00. The molecule has 2 fully saturated rings. The number of nitriles is 1. The lowest BCUT2D eigenvalue weighted by Gasteiger charge is -2.50. The van der Waals surface area contributed by atoms with E-state index in [1.54, 1.807) is 0 Å². The number of rotatable bonds is 4. The van der Waals surface area contributed by atoms with Gasteiger partial charge in [0.15, 0.2) is 17.5 Å². The van der Waals surface area contributed by atoms with E-state index in [0.717, 1.165) is 45.2 Å². The number of nitrogens with zero attached hydrogens (tertiary/aromatic N) is 4. The molecule has 2 bridgehead atoms. The Labute approximate surface area is 242 Å². The molecule has 202 valence electrons. The summed E-state index contributed by atoms with van der Waals surface area (Å²) in [6, 6.07) is 33.3. The maximum absolute atomic E-state index is 9.40. The van der Waals surface area contributed by atoms with Crippen molar-refractivity contribution >= 4 is 10.8 Å². The van der Waals surface area contributed by atoms with Gasteiger partial charge in [0.2, 0.25) is 0 Å². The van der Waals surface area contributed by atoms with E-state index >= 15 is 0 Å². The van der Waals surface area contributed by atoms with Crippen molar-refractivity contribution in [2.24, 2.45) is 17.8 Å². The van der Waals surface area contributed by atoms with Gasteiger partial charge in [-0.15, -0.1) is 0 Å². The Morgan fingerprint density at radius 1 is 0.683 bits per heavy atom. The summed E-state index contributed by atoms with van der Waals surface area (Å²) in [7, 11) is 0. The minimum absolute atomic E-state index is 0.295. The van der Waals surface area contributed by atoms with Crippen LogP contribution in [0.4, 0.5) is 0 Å². The van der Waals surface area contributed by atoms with Crippen LogP contribution in [0.5, 0.6) is 0 Å². The summed E-state index contributed by atoms with van der Waals surface area (Å²) in [6.07, 6.45) is 6.66. The fourth-order valence-corrected chi connectivity index (χ4v) is 7.92. The first kappa shape index (κ1) is 25.6. The molecule has 0 spiro atoms.